The summed E-state index contributed by atoms with van der Waals surface area (Å²) >= 11 is 2.85. The summed E-state index contributed by atoms with van der Waals surface area (Å²) in [7, 11) is 0. The molecular weight excluding hydrogens is 389 g/mol. The predicted octanol–water partition coefficient (Wildman–Crippen LogP) is 3.21. The highest BCUT2D eigenvalue weighted by molar-refractivity contribution is 9.10. The first-order valence-corrected chi connectivity index (χ1v) is 7.13. The number of hydrogen-bond donors (Lipinski definition) is 2. The molecule has 0 bridgehead atoms. The van der Waals surface area contributed by atoms with E-state index in [0.29, 0.717) is 19.8 Å². The van der Waals surface area contributed by atoms with Crippen LogP contribution < -0.4 is 10.6 Å². The second kappa shape index (κ2) is 8.14. The Hall–Kier alpha value is -0.830. The van der Waals surface area contributed by atoms with Crippen molar-refractivity contribution in [1.29, 1.82) is 0 Å². The van der Waals surface area contributed by atoms with Gasteiger partial charge in [0.25, 0.3) is 0 Å². The molecule has 1 heterocycles. The maximum Gasteiger partial charge on any atom is 0.417 e. The Balaban J connectivity index is 0.00000242. The third kappa shape index (κ3) is 5.42. The van der Waals surface area contributed by atoms with Gasteiger partial charge in [0.15, 0.2) is 0 Å². The first-order chi connectivity index (χ1) is 9.86. The Morgan fingerprint density at radius 2 is 2.18 bits per heavy atom. The summed E-state index contributed by atoms with van der Waals surface area (Å²) in [6, 6.07) is 3.48. The second-order valence-corrected chi connectivity index (χ2v) is 5.52. The van der Waals surface area contributed by atoms with Crippen LogP contribution in [0, 0.1) is 0 Å². The summed E-state index contributed by atoms with van der Waals surface area (Å²) in [4.78, 5) is 11.8. The van der Waals surface area contributed by atoms with Gasteiger partial charge in [0.05, 0.1) is 18.8 Å². The SMILES string of the molecule is Cl.O=C(CC1COCCN1)Nc1ccc(Br)c(C(F)(F)F)c1. The second-order valence-electron chi connectivity index (χ2n) is 4.67. The molecule has 0 saturated carbocycles. The number of anilines is 1. The zero-order chi connectivity index (χ0) is 15.5. The van der Waals surface area contributed by atoms with Crippen LogP contribution in [0.5, 0.6) is 0 Å². The standard InChI is InChI=1S/C13H14BrF3N2O2.ClH/c14-11-2-1-8(5-10(11)13(15,16)17)19-12(20)6-9-7-21-4-3-18-9;/h1-2,5,9,18H,3-4,6-7H2,(H,19,20);1H. The molecule has 1 aliphatic rings. The summed E-state index contributed by atoms with van der Waals surface area (Å²) in [5, 5.41) is 5.58. The minimum absolute atomic E-state index is 0. The maximum atomic E-state index is 12.8. The van der Waals surface area contributed by atoms with E-state index in [0.717, 1.165) is 6.07 Å². The smallest absolute Gasteiger partial charge is 0.378 e. The highest BCUT2D eigenvalue weighted by Crippen LogP contribution is 2.36. The number of ether oxygens (including phenoxy) is 1. The van der Waals surface area contributed by atoms with E-state index in [4.69, 9.17) is 4.74 Å². The lowest BCUT2D eigenvalue weighted by atomic mass is 10.1. The van der Waals surface area contributed by atoms with Crippen molar-refractivity contribution in [3.8, 4) is 0 Å². The number of halogens is 5. The minimum atomic E-state index is -4.47. The van der Waals surface area contributed by atoms with Crippen molar-refractivity contribution in [3.63, 3.8) is 0 Å². The average Bonchev–Trinajstić information content (AvgIpc) is 2.41. The fourth-order valence-electron chi connectivity index (χ4n) is 2.01. The van der Waals surface area contributed by atoms with Gasteiger partial charge in [0.1, 0.15) is 0 Å². The van der Waals surface area contributed by atoms with Gasteiger partial charge in [-0.05, 0) is 18.2 Å². The van der Waals surface area contributed by atoms with Crippen LogP contribution in [-0.2, 0) is 15.7 Å². The Kier molecular flexibility index (Phi) is 7.11. The van der Waals surface area contributed by atoms with Crippen LogP contribution in [0.2, 0.25) is 0 Å². The number of nitrogens with one attached hydrogen (secondary N) is 2. The van der Waals surface area contributed by atoms with Gasteiger partial charge in [-0.3, -0.25) is 4.79 Å². The molecule has 0 radical (unpaired) electrons. The van der Waals surface area contributed by atoms with Crippen molar-refractivity contribution < 1.29 is 22.7 Å². The third-order valence-electron chi connectivity index (χ3n) is 2.99. The molecule has 1 saturated heterocycles. The molecule has 2 N–H and O–H groups in total. The highest BCUT2D eigenvalue weighted by Gasteiger charge is 2.33. The Labute approximate surface area is 140 Å². The molecule has 0 aliphatic carbocycles. The van der Waals surface area contributed by atoms with Crippen LogP contribution in [-0.4, -0.2) is 31.7 Å². The quantitative estimate of drug-likeness (QED) is 0.815. The van der Waals surface area contributed by atoms with Crippen molar-refractivity contribution in [3.05, 3.63) is 28.2 Å². The van der Waals surface area contributed by atoms with E-state index in [1.807, 2.05) is 0 Å². The van der Waals surface area contributed by atoms with E-state index in [1.165, 1.54) is 12.1 Å². The molecule has 0 spiro atoms. The average molecular weight is 404 g/mol. The topological polar surface area (TPSA) is 50.4 Å². The molecule has 1 aromatic rings. The van der Waals surface area contributed by atoms with Crippen molar-refractivity contribution in [2.75, 3.05) is 25.1 Å². The van der Waals surface area contributed by atoms with Crippen LogP contribution in [0.25, 0.3) is 0 Å². The molecule has 1 aliphatic heterocycles. The summed E-state index contributed by atoms with van der Waals surface area (Å²) in [6.07, 6.45) is -4.32. The van der Waals surface area contributed by atoms with Crippen molar-refractivity contribution >= 4 is 39.9 Å². The van der Waals surface area contributed by atoms with Gasteiger partial charge in [-0.2, -0.15) is 13.2 Å². The normalized spacial score (nSPS) is 18.5. The molecule has 1 unspecified atom stereocenters. The molecule has 124 valence electrons. The number of alkyl halides is 3. The number of benzene rings is 1. The zero-order valence-electron chi connectivity index (χ0n) is 11.4. The summed E-state index contributed by atoms with van der Waals surface area (Å²) < 4.78 is 43.5. The fraction of sp³-hybridized carbons (Fsp3) is 0.462. The van der Waals surface area contributed by atoms with E-state index >= 15 is 0 Å². The Morgan fingerprint density at radius 1 is 1.45 bits per heavy atom. The van der Waals surface area contributed by atoms with E-state index in [-0.39, 0.29) is 40.9 Å². The largest absolute Gasteiger partial charge is 0.417 e. The third-order valence-corrected chi connectivity index (χ3v) is 3.68. The van der Waals surface area contributed by atoms with E-state index in [1.54, 1.807) is 0 Å². The molecule has 2 rings (SSSR count). The molecular formula is C13H15BrClF3N2O2. The van der Waals surface area contributed by atoms with Crippen LogP contribution >= 0.6 is 28.3 Å². The first kappa shape index (κ1) is 19.2. The van der Waals surface area contributed by atoms with Gasteiger partial charge in [-0.1, -0.05) is 15.9 Å². The van der Waals surface area contributed by atoms with E-state index in [2.05, 4.69) is 26.6 Å². The van der Waals surface area contributed by atoms with Crippen LogP contribution in [0.3, 0.4) is 0 Å². The van der Waals surface area contributed by atoms with Gasteiger partial charge < -0.3 is 15.4 Å². The molecule has 4 nitrogen and oxygen atoms in total. The highest BCUT2D eigenvalue weighted by atomic mass is 79.9. The number of hydrogen-bond acceptors (Lipinski definition) is 3. The van der Waals surface area contributed by atoms with E-state index in [9.17, 15) is 18.0 Å². The van der Waals surface area contributed by atoms with Crippen LogP contribution in [0.4, 0.5) is 18.9 Å². The van der Waals surface area contributed by atoms with Gasteiger partial charge in [0.2, 0.25) is 5.91 Å². The minimum Gasteiger partial charge on any atom is -0.378 e. The van der Waals surface area contributed by atoms with Crippen molar-refractivity contribution in [2.24, 2.45) is 0 Å². The summed E-state index contributed by atoms with van der Waals surface area (Å²) in [6.45, 7) is 1.68. The lowest BCUT2D eigenvalue weighted by Crippen LogP contribution is -2.43. The van der Waals surface area contributed by atoms with Gasteiger partial charge in [0, 0.05) is 29.2 Å². The molecule has 1 aromatic carbocycles. The lowest BCUT2D eigenvalue weighted by Gasteiger charge is -2.23. The van der Waals surface area contributed by atoms with Crippen molar-refractivity contribution in [2.45, 2.75) is 18.6 Å². The number of morpholine rings is 1. The number of carbonyl (C=O) groups excluding carboxylic acids is 1. The molecule has 0 aromatic heterocycles. The zero-order valence-corrected chi connectivity index (χ0v) is 13.8. The molecule has 1 amide bonds. The Bertz CT molecular complexity index is 522. The molecule has 9 heteroatoms. The lowest BCUT2D eigenvalue weighted by molar-refractivity contribution is -0.138. The Morgan fingerprint density at radius 3 is 2.77 bits per heavy atom. The van der Waals surface area contributed by atoms with Gasteiger partial charge in [-0.15, -0.1) is 12.4 Å². The van der Waals surface area contributed by atoms with Crippen LogP contribution in [0.15, 0.2) is 22.7 Å². The first-order valence-electron chi connectivity index (χ1n) is 6.34. The number of amides is 1. The fourth-order valence-corrected chi connectivity index (χ4v) is 2.48. The monoisotopic (exact) mass is 402 g/mol. The molecule has 1 atom stereocenters. The summed E-state index contributed by atoms with van der Waals surface area (Å²) in [5.41, 5.74) is -0.702. The summed E-state index contributed by atoms with van der Waals surface area (Å²) in [5.74, 6) is -0.353. The number of carbonyl (C=O) groups is 1. The molecule has 1 fully saturated rings. The number of rotatable bonds is 3. The van der Waals surface area contributed by atoms with Gasteiger partial charge in [-0.25, -0.2) is 0 Å². The maximum absolute atomic E-state index is 12.8. The molecule has 22 heavy (non-hydrogen) atoms. The predicted molar refractivity (Wildman–Crippen MR) is 82.2 cm³/mol. The van der Waals surface area contributed by atoms with Crippen molar-refractivity contribution in [1.82, 2.24) is 5.32 Å². The van der Waals surface area contributed by atoms with E-state index < -0.39 is 11.7 Å². The van der Waals surface area contributed by atoms with Crippen LogP contribution in [0.1, 0.15) is 12.0 Å². The van der Waals surface area contributed by atoms with Gasteiger partial charge >= 0.3 is 6.18 Å².